The van der Waals surface area contributed by atoms with Crippen LogP contribution in [0.3, 0.4) is 0 Å². The minimum atomic E-state index is 0.120. The number of anilines is 2. The third-order valence-corrected chi connectivity index (χ3v) is 5.33. The molecule has 1 aliphatic heterocycles. The summed E-state index contributed by atoms with van der Waals surface area (Å²) in [4.78, 5) is 23.9. The molecule has 0 saturated carbocycles. The van der Waals surface area contributed by atoms with Gasteiger partial charge in [-0.15, -0.1) is 0 Å². The normalized spacial score (nSPS) is 14.2. The molecule has 0 bridgehead atoms. The maximum Gasteiger partial charge on any atom is 0.255 e. The molecular weight excluding hydrogens is 364 g/mol. The van der Waals surface area contributed by atoms with Crippen molar-refractivity contribution < 1.29 is 4.79 Å². The molecule has 0 atom stereocenters. The zero-order chi connectivity index (χ0) is 20.2. The summed E-state index contributed by atoms with van der Waals surface area (Å²) in [5, 5.41) is 7.39. The molecule has 0 aliphatic carbocycles. The first-order chi connectivity index (χ1) is 14.2. The SMILES string of the molecule is CCCNc1nc(NC)nc2cc(-n3ccc(C(=O)N4CCCCC4)c3)ccc12. The van der Waals surface area contributed by atoms with Crippen LogP contribution in [-0.4, -0.2) is 52.0 Å². The van der Waals surface area contributed by atoms with Crippen molar-refractivity contribution in [2.75, 3.05) is 37.3 Å². The lowest BCUT2D eigenvalue weighted by atomic mass is 10.1. The predicted molar refractivity (Wildman–Crippen MR) is 117 cm³/mol. The number of amides is 1. The lowest BCUT2D eigenvalue weighted by Crippen LogP contribution is -2.35. The molecule has 1 amide bonds. The van der Waals surface area contributed by atoms with Crippen molar-refractivity contribution >= 4 is 28.6 Å². The molecular formula is C22H28N6O. The molecule has 4 rings (SSSR count). The van der Waals surface area contributed by atoms with Gasteiger partial charge in [0.2, 0.25) is 5.95 Å². The Morgan fingerprint density at radius 1 is 1.14 bits per heavy atom. The van der Waals surface area contributed by atoms with Crippen LogP contribution in [0.15, 0.2) is 36.7 Å². The fraction of sp³-hybridized carbons (Fsp3) is 0.409. The number of hydrogen-bond acceptors (Lipinski definition) is 5. The van der Waals surface area contributed by atoms with Gasteiger partial charge < -0.3 is 20.1 Å². The first kappa shape index (κ1) is 19.2. The van der Waals surface area contributed by atoms with Gasteiger partial charge in [-0.25, -0.2) is 4.98 Å². The molecule has 1 aromatic carbocycles. The van der Waals surface area contributed by atoms with Gasteiger partial charge >= 0.3 is 0 Å². The summed E-state index contributed by atoms with van der Waals surface area (Å²) in [5.74, 6) is 1.54. The third-order valence-electron chi connectivity index (χ3n) is 5.33. The van der Waals surface area contributed by atoms with Crippen molar-refractivity contribution in [2.24, 2.45) is 0 Å². The molecule has 7 nitrogen and oxygen atoms in total. The molecule has 7 heteroatoms. The molecule has 1 fully saturated rings. The highest BCUT2D eigenvalue weighted by atomic mass is 16.2. The Morgan fingerprint density at radius 2 is 1.97 bits per heavy atom. The molecule has 0 radical (unpaired) electrons. The lowest BCUT2D eigenvalue weighted by Gasteiger charge is -2.26. The minimum absolute atomic E-state index is 0.120. The van der Waals surface area contributed by atoms with Gasteiger partial charge in [0.25, 0.3) is 5.91 Å². The number of carbonyl (C=O) groups excluding carboxylic acids is 1. The highest BCUT2D eigenvalue weighted by Crippen LogP contribution is 2.25. The van der Waals surface area contributed by atoms with Crippen LogP contribution in [0.25, 0.3) is 16.6 Å². The highest BCUT2D eigenvalue weighted by Gasteiger charge is 2.19. The fourth-order valence-electron chi connectivity index (χ4n) is 3.73. The molecule has 1 aliphatic rings. The third kappa shape index (κ3) is 4.04. The van der Waals surface area contributed by atoms with E-state index in [-0.39, 0.29) is 5.91 Å². The number of benzene rings is 1. The second-order valence-corrected chi connectivity index (χ2v) is 7.43. The smallest absolute Gasteiger partial charge is 0.255 e. The molecule has 29 heavy (non-hydrogen) atoms. The van der Waals surface area contributed by atoms with Gasteiger partial charge in [-0.1, -0.05) is 6.92 Å². The summed E-state index contributed by atoms with van der Waals surface area (Å²) in [5.41, 5.74) is 2.56. The second-order valence-electron chi connectivity index (χ2n) is 7.43. The summed E-state index contributed by atoms with van der Waals surface area (Å²) in [6, 6.07) is 8.00. The van der Waals surface area contributed by atoms with E-state index in [1.807, 2.05) is 53.2 Å². The van der Waals surface area contributed by atoms with Gasteiger partial charge in [0.1, 0.15) is 5.82 Å². The Kier molecular flexibility index (Phi) is 5.64. The quantitative estimate of drug-likeness (QED) is 0.665. The number of carbonyl (C=O) groups is 1. The standard InChI is InChI=1S/C22H28N6O/c1-3-10-24-20-18-8-7-17(14-19(18)25-22(23-2)26-20)28-13-9-16(15-28)21(29)27-11-5-4-6-12-27/h7-9,13-15H,3-6,10-12H2,1-2H3,(H2,23,24,25,26). The molecule has 3 aromatic rings. The van der Waals surface area contributed by atoms with Gasteiger partial charge in [0.15, 0.2) is 0 Å². The molecule has 2 aromatic heterocycles. The van der Waals surface area contributed by atoms with Gasteiger partial charge in [0, 0.05) is 50.1 Å². The van der Waals surface area contributed by atoms with E-state index in [0.717, 1.165) is 66.9 Å². The van der Waals surface area contributed by atoms with Crippen LogP contribution in [0, 0.1) is 0 Å². The van der Waals surface area contributed by atoms with E-state index in [9.17, 15) is 4.79 Å². The van der Waals surface area contributed by atoms with Crippen molar-refractivity contribution in [1.29, 1.82) is 0 Å². The number of aromatic nitrogens is 3. The van der Waals surface area contributed by atoms with E-state index in [4.69, 9.17) is 0 Å². The number of nitrogens with zero attached hydrogens (tertiary/aromatic N) is 4. The fourth-order valence-corrected chi connectivity index (χ4v) is 3.73. The Bertz CT molecular complexity index is 1010. The monoisotopic (exact) mass is 392 g/mol. The highest BCUT2D eigenvalue weighted by molar-refractivity contribution is 5.94. The minimum Gasteiger partial charge on any atom is -0.369 e. The van der Waals surface area contributed by atoms with Crippen molar-refractivity contribution in [1.82, 2.24) is 19.4 Å². The zero-order valence-corrected chi connectivity index (χ0v) is 17.1. The summed E-state index contributed by atoms with van der Waals surface area (Å²) in [6.07, 6.45) is 8.28. The summed E-state index contributed by atoms with van der Waals surface area (Å²) in [7, 11) is 1.82. The zero-order valence-electron chi connectivity index (χ0n) is 17.1. The Morgan fingerprint density at radius 3 is 2.72 bits per heavy atom. The number of nitrogens with one attached hydrogen (secondary N) is 2. The van der Waals surface area contributed by atoms with Crippen LogP contribution < -0.4 is 10.6 Å². The van der Waals surface area contributed by atoms with Crippen LogP contribution >= 0.6 is 0 Å². The average Bonchev–Trinajstić information content (AvgIpc) is 3.27. The van der Waals surface area contributed by atoms with Gasteiger partial charge in [-0.05, 0) is 49.9 Å². The number of rotatable bonds is 6. The summed E-state index contributed by atoms with van der Waals surface area (Å²) in [6.45, 7) is 4.70. The van der Waals surface area contributed by atoms with Crippen molar-refractivity contribution in [3.8, 4) is 5.69 Å². The molecule has 3 heterocycles. The second kappa shape index (κ2) is 8.51. The van der Waals surface area contributed by atoms with E-state index in [0.29, 0.717) is 5.95 Å². The van der Waals surface area contributed by atoms with Crippen LogP contribution in [0.1, 0.15) is 43.0 Å². The molecule has 0 spiro atoms. The van der Waals surface area contributed by atoms with E-state index >= 15 is 0 Å². The average molecular weight is 393 g/mol. The lowest BCUT2D eigenvalue weighted by molar-refractivity contribution is 0.0724. The summed E-state index contributed by atoms with van der Waals surface area (Å²) < 4.78 is 1.98. The Labute approximate surface area is 171 Å². The van der Waals surface area contributed by atoms with E-state index < -0.39 is 0 Å². The van der Waals surface area contributed by atoms with Crippen molar-refractivity contribution in [2.45, 2.75) is 32.6 Å². The van der Waals surface area contributed by atoms with Gasteiger partial charge in [-0.2, -0.15) is 4.98 Å². The van der Waals surface area contributed by atoms with Crippen molar-refractivity contribution in [3.63, 3.8) is 0 Å². The Balaban J connectivity index is 1.64. The first-order valence-electron chi connectivity index (χ1n) is 10.4. The maximum atomic E-state index is 12.8. The maximum absolute atomic E-state index is 12.8. The van der Waals surface area contributed by atoms with Gasteiger partial charge in [-0.3, -0.25) is 4.79 Å². The number of likely N-dealkylation sites (tertiary alicyclic amines) is 1. The summed E-state index contributed by atoms with van der Waals surface area (Å²) >= 11 is 0. The molecule has 152 valence electrons. The molecule has 2 N–H and O–H groups in total. The molecule has 1 saturated heterocycles. The topological polar surface area (TPSA) is 75.1 Å². The Hall–Kier alpha value is -3.09. The van der Waals surface area contributed by atoms with Crippen LogP contribution in [-0.2, 0) is 0 Å². The van der Waals surface area contributed by atoms with Crippen molar-refractivity contribution in [3.05, 3.63) is 42.2 Å². The van der Waals surface area contributed by atoms with E-state index in [2.05, 4.69) is 27.5 Å². The van der Waals surface area contributed by atoms with Gasteiger partial charge in [0.05, 0.1) is 11.1 Å². The number of piperidine rings is 1. The number of fused-ring (bicyclic) bond motifs is 1. The largest absolute Gasteiger partial charge is 0.369 e. The van der Waals surface area contributed by atoms with E-state index in [1.165, 1.54) is 6.42 Å². The predicted octanol–water partition coefficient (Wildman–Crippen LogP) is 3.91. The van der Waals surface area contributed by atoms with Crippen LogP contribution in [0.4, 0.5) is 11.8 Å². The van der Waals surface area contributed by atoms with E-state index in [1.54, 1.807) is 0 Å². The molecule has 0 unspecified atom stereocenters. The van der Waals surface area contributed by atoms with Crippen LogP contribution in [0.5, 0.6) is 0 Å². The number of hydrogen-bond donors (Lipinski definition) is 2. The van der Waals surface area contributed by atoms with Crippen LogP contribution in [0.2, 0.25) is 0 Å². The first-order valence-corrected chi connectivity index (χ1v) is 10.4.